The standard InChI is InChI=1S/C27H44O8/c1-22(2,32)9-8-20(30)25(5,33)19-7-11-26(34)16-12-21(31)27(35)14-18(29)17(28)13-24(27,4)15(16)6-10-23(19,26)3/h12,15,17-20,28-30,32-35H,6-11,13-14H2,1-5H3/t15-,17-,18-,19-,20-,23+,24+,25+,26+,27-/m0/s1. The molecule has 0 aromatic carbocycles. The number of carbonyl (C=O) groups excluding carboxylic acids is 1. The zero-order valence-electron chi connectivity index (χ0n) is 21.7. The van der Waals surface area contributed by atoms with Crippen LogP contribution in [-0.2, 0) is 4.79 Å². The van der Waals surface area contributed by atoms with Crippen LogP contribution in [0.4, 0.5) is 0 Å². The summed E-state index contributed by atoms with van der Waals surface area (Å²) in [6, 6.07) is 0. The first-order valence-corrected chi connectivity index (χ1v) is 13.0. The Hall–Kier alpha value is -0.870. The Kier molecular flexibility index (Phi) is 6.26. The second-order valence-electron chi connectivity index (χ2n) is 13.3. The lowest BCUT2D eigenvalue weighted by Crippen LogP contribution is -2.69. The van der Waals surface area contributed by atoms with Crippen molar-refractivity contribution in [2.45, 2.75) is 127 Å². The monoisotopic (exact) mass is 496 g/mol. The van der Waals surface area contributed by atoms with Gasteiger partial charge in [-0.05, 0) is 89.2 Å². The minimum absolute atomic E-state index is 0.0437. The number of aliphatic hydroxyl groups is 7. The lowest BCUT2D eigenvalue weighted by Gasteiger charge is -2.62. The topological polar surface area (TPSA) is 159 Å². The van der Waals surface area contributed by atoms with E-state index in [0.717, 1.165) is 0 Å². The molecule has 0 spiro atoms. The first-order chi connectivity index (χ1) is 15.8. The molecule has 0 aromatic heterocycles. The van der Waals surface area contributed by atoms with Crippen molar-refractivity contribution < 1.29 is 40.5 Å². The zero-order chi connectivity index (χ0) is 26.4. The molecule has 0 heterocycles. The predicted octanol–water partition coefficient (Wildman–Crippen LogP) is 0.969. The molecule has 4 aliphatic carbocycles. The van der Waals surface area contributed by atoms with Crippen molar-refractivity contribution in [3.63, 3.8) is 0 Å². The predicted molar refractivity (Wildman–Crippen MR) is 128 cm³/mol. The van der Waals surface area contributed by atoms with Crippen molar-refractivity contribution in [2.75, 3.05) is 0 Å². The summed E-state index contributed by atoms with van der Waals surface area (Å²) in [6.45, 7) is 8.58. The SMILES string of the molecule is CC(C)(O)CC[C@H](O)[C@](C)(O)[C@H]1CC[C@@]2(O)C3=CC(=O)[C@@]4(O)C[C@H](O)[C@@H](O)C[C@]4(C)[C@H]3CC[C@]12C. The molecule has 10 atom stereocenters. The molecular weight excluding hydrogens is 452 g/mol. The minimum atomic E-state index is -1.82. The summed E-state index contributed by atoms with van der Waals surface area (Å²) in [7, 11) is 0. The molecule has 35 heavy (non-hydrogen) atoms. The fourth-order valence-electron chi connectivity index (χ4n) is 8.31. The highest BCUT2D eigenvalue weighted by atomic mass is 16.3. The summed E-state index contributed by atoms with van der Waals surface area (Å²) >= 11 is 0. The van der Waals surface area contributed by atoms with Crippen LogP contribution in [0.1, 0.15) is 86.0 Å². The molecule has 0 amide bonds. The average molecular weight is 497 g/mol. The first-order valence-electron chi connectivity index (χ1n) is 13.0. The Morgan fingerprint density at radius 2 is 1.57 bits per heavy atom. The summed E-state index contributed by atoms with van der Waals surface area (Å²) in [5.41, 5.74) is -7.07. The highest BCUT2D eigenvalue weighted by molar-refractivity contribution is 6.00. The van der Waals surface area contributed by atoms with Crippen LogP contribution >= 0.6 is 0 Å². The molecule has 0 bridgehead atoms. The number of hydrogen-bond donors (Lipinski definition) is 7. The van der Waals surface area contributed by atoms with E-state index in [1.165, 1.54) is 6.08 Å². The van der Waals surface area contributed by atoms with Crippen LogP contribution in [0.5, 0.6) is 0 Å². The van der Waals surface area contributed by atoms with Gasteiger partial charge in [-0.2, -0.15) is 0 Å². The third kappa shape index (κ3) is 3.70. The first kappa shape index (κ1) is 27.2. The van der Waals surface area contributed by atoms with Crippen LogP contribution in [-0.4, -0.2) is 82.2 Å². The van der Waals surface area contributed by atoms with E-state index in [2.05, 4.69) is 0 Å². The lowest BCUT2D eigenvalue weighted by atomic mass is 9.44. The van der Waals surface area contributed by atoms with Crippen molar-refractivity contribution >= 4 is 5.78 Å². The number of rotatable bonds is 5. The van der Waals surface area contributed by atoms with Crippen LogP contribution in [0.25, 0.3) is 0 Å². The third-order valence-electron chi connectivity index (χ3n) is 10.7. The fraction of sp³-hybridized carbons (Fsp3) is 0.889. The molecule has 3 fully saturated rings. The molecule has 0 unspecified atom stereocenters. The Labute approximate surface area is 207 Å². The molecule has 0 aliphatic heterocycles. The van der Waals surface area contributed by atoms with E-state index in [9.17, 15) is 40.5 Å². The van der Waals surface area contributed by atoms with Crippen molar-refractivity contribution in [2.24, 2.45) is 22.7 Å². The van der Waals surface area contributed by atoms with Gasteiger partial charge in [-0.1, -0.05) is 13.8 Å². The molecule has 4 rings (SSSR count). The molecule has 7 N–H and O–H groups in total. The van der Waals surface area contributed by atoms with Gasteiger partial charge in [0.25, 0.3) is 0 Å². The van der Waals surface area contributed by atoms with Gasteiger partial charge < -0.3 is 35.7 Å². The number of ketones is 1. The van der Waals surface area contributed by atoms with Crippen LogP contribution in [0.15, 0.2) is 11.6 Å². The number of carbonyl (C=O) groups is 1. The van der Waals surface area contributed by atoms with Crippen LogP contribution in [0, 0.1) is 22.7 Å². The van der Waals surface area contributed by atoms with Gasteiger partial charge in [0.1, 0.15) is 5.60 Å². The van der Waals surface area contributed by atoms with E-state index in [-0.39, 0.29) is 25.2 Å². The van der Waals surface area contributed by atoms with E-state index in [4.69, 9.17) is 0 Å². The quantitative estimate of drug-likeness (QED) is 0.297. The Bertz CT molecular complexity index is 907. The molecule has 0 saturated heterocycles. The van der Waals surface area contributed by atoms with E-state index < -0.39 is 63.2 Å². The Morgan fingerprint density at radius 3 is 2.17 bits per heavy atom. The van der Waals surface area contributed by atoms with Gasteiger partial charge in [0.2, 0.25) is 0 Å². The van der Waals surface area contributed by atoms with E-state index in [1.807, 2.05) is 6.92 Å². The highest BCUT2D eigenvalue weighted by Crippen LogP contribution is 2.69. The number of hydrogen-bond acceptors (Lipinski definition) is 8. The van der Waals surface area contributed by atoms with Gasteiger partial charge in [0.15, 0.2) is 5.78 Å². The third-order valence-corrected chi connectivity index (χ3v) is 10.7. The van der Waals surface area contributed by atoms with Gasteiger partial charge >= 0.3 is 0 Å². The molecule has 3 saturated carbocycles. The molecule has 200 valence electrons. The van der Waals surface area contributed by atoms with Gasteiger partial charge in [-0.15, -0.1) is 0 Å². The number of fused-ring (bicyclic) bond motifs is 5. The van der Waals surface area contributed by atoms with Crippen molar-refractivity contribution in [1.82, 2.24) is 0 Å². The molecule has 4 aliphatic rings. The van der Waals surface area contributed by atoms with E-state index in [0.29, 0.717) is 37.7 Å². The molecule has 0 aromatic rings. The van der Waals surface area contributed by atoms with Gasteiger partial charge in [0.05, 0.1) is 35.1 Å². The average Bonchev–Trinajstić information content (AvgIpc) is 3.01. The molecule has 8 nitrogen and oxygen atoms in total. The van der Waals surface area contributed by atoms with Crippen LogP contribution < -0.4 is 0 Å². The van der Waals surface area contributed by atoms with Gasteiger partial charge in [0, 0.05) is 17.3 Å². The lowest BCUT2D eigenvalue weighted by molar-refractivity contribution is -0.211. The Morgan fingerprint density at radius 1 is 0.971 bits per heavy atom. The normalized spacial score (nSPS) is 48.3. The second kappa shape index (κ2) is 8.06. The maximum Gasteiger partial charge on any atom is 0.187 e. The largest absolute Gasteiger partial charge is 0.390 e. The molecular formula is C27H44O8. The van der Waals surface area contributed by atoms with Crippen LogP contribution in [0.2, 0.25) is 0 Å². The van der Waals surface area contributed by atoms with Crippen molar-refractivity contribution in [3.05, 3.63) is 11.6 Å². The van der Waals surface area contributed by atoms with Gasteiger partial charge in [-0.3, -0.25) is 4.79 Å². The summed E-state index contributed by atoms with van der Waals surface area (Å²) in [5.74, 6) is -1.38. The minimum Gasteiger partial charge on any atom is -0.390 e. The fourth-order valence-corrected chi connectivity index (χ4v) is 8.31. The van der Waals surface area contributed by atoms with E-state index >= 15 is 0 Å². The maximum atomic E-state index is 13.3. The number of aliphatic hydroxyl groups excluding tert-OH is 3. The summed E-state index contributed by atoms with van der Waals surface area (Å²) in [4.78, 5) is 13.3. The molecule has 8 heteroatoms. The molecule has 0 radical (unpaired) electrons. The maximum absolute atomic E-state index is 13.3. The second-order valence-corrected chi connectivity index (χ2v) is 13.3. The Balaban J connectivity index is 1.70. The van der Waals surface area contributed by atoms with Crippen molar-refractivity contribution in [1.29, 1.82) is 0 Å². The summed E-state index contributed by atoms with van der Waals surface area (Å²) in [5, 5.41) is 77.0. The smallest absolute Gasteiger partial charge is 0.187 e. The summed E-state index contributed by atoms with van der Waals surface area (Å²) < 4.78 is 0. The highest BCUT2D eigenvalue weighted by Gasteiger charge is 2.71. The van der Waals surface area contributed by atoms with Gasteiger partial charge in [-0.25, -0.2) is 0 Å². The van der Waals surface area contributed by atoms with Crippen LogP contribution in [0.3, 0.4) is 0 Å². The van der Waals surface area contributed by atoms with Crippen molar-refractivity contribution in [3.8, 4) is 0 Å². The van der Waals surface area contributed by atoms with E-state index in [1.54, 1.807) is 27.7 Å². The zero-order valence-corrected chi connectivity index (χ0v) is 21.7. The summed E-state index contributed by atoms with van der Waals surface area (Å²) in [6.07, 6.45) is 0.0884.